The number of aryl methyl sites for hydroxylation is 1. The first-order valence-corrected chi connectivity index (χ1v) is 9.01. The standard InChI is InChI=1S/C19H22N6O2/c1-23-11-15(14-3-8-21-17(14)19(23)27)18(26)24(2)13-5-9-25(10-6-13)16-4-7-20-12-22-16/h3-4,7-8,11-13,21H,5-6,9-10H2,1-2H3. The molecule has 0 bridgehead atoms. The van der Waals surface area contributed by atoms with Gasteiger partial charge in [0.1, 0.15) is 17.7 Å². The van der Waals surface area contributed by atoms with E-state index in [0.717, 1.165) is 31.7 Å². The maximum atomic E-state index is 13.1. The van der Waals surface area contributed by atoms with Gasteiger partial charge in [-0.15, -0.1) is 0 Å². The first-order chi connectivity index (χ1) is 13.1. The molecule has 4 rings (SSSR count). The van der Waals surface area contributed by atoms with Crippen LogP contribution in [0, 0.1) is 0 Å². The third kappa shape index (κ3) is 3.07. The molecule has 1 amide bonds. The lowest BCUT2D eigenvalue weighted by Crippen LogP contribution is -2.46. The van der Waals surface area contributed by atoms with Crippen molar-refractivity contribution in [3.05, 3.63) is 53.0 Å². The van der Waals surface area contributed by atoms with Crippen LogP contribution in [0.5, 0.6) is 0 Å². The van der Waals surface area contributed by atoms with Crippen LogP contribution in [0.1, 0.15) is 23.2 Å². The lowest BCUT2D eigenvalue weighted by Gasteiger charge is -2.37. The molecule has 1 fully saturated rings. The van der Waals surface area contributed by atoms with Gasteiger partial charge in [0.05, 0.1) is 5.56 Å². The van der Waals surface area contributed by atoms with Crippen LogP contribution in [0.2, 0.25) is 0 Å². The van der Waals surface area contributed by atoms with Crippen molar-refractivity contribution in [2.24, 2.45) is 7.05 Å². The number of carbonyl (C=O) groups is 1. The molecule has 1 aliphatic rings. The van der Waals surface area contributed by atoms with Crippen LogP contribution in [-0.2, 0) is 7.05 Å². The fourth-order valence-electron chi connectivity index (χ4n) is 3.75. The molecule has 0 spiro atoms. The van der Waals surface area contributed by atoms with Gasteiger partial charge in [-0.25, -0.2) is 9.97 Å². The maximum absolute atomic E-state index is 13.1. The third-order valence-corrected chi connectivity index (χ3v) is 5.35. The number of hydrogen-bond acceptors (Lipinski definition) is 5. The van der Waals surface area contributed by atoms with Gasteiger partial charge in [-0.3, -0.25) is 9.59 Å². The highest BCUT2D eigenvalue weighted by Crippen LogP contribution is 2.23. The van der Waals surface area contributed by atoms with Crippen LogP contribution >= 0.6 is 0 Å². The van der Waals surface area contributed by atoms with Crippen molar-refractivity contribution < 1.29 is 4.79 Å². The molecule has 0 aliphatic carbocycles. The van der Waals surface area contributed by atoms with Crippen molar-refractivity contribution >= 4 is 22.6 Å². The van der Waals surface area contributed by atoms with E-state index in [1.165, 1.54) is 4.57 Å². The average Bonchev–Trinajstić information content (AvgIpc) is 3.20. The molecule has 1 aliphatic heterocycles. The minimum absolute atomic E-state index is 0.0595. The number of piperidine rings is 1. The Morgan fingerprint density at radius 3 is 2.78 bits per heavy atom. The Hall–Kier alpha value is -3.16. The van der Waals surface area contributed by atoms with Gasteiger partial charge in [0, 0.05) is 57.2 Å². The predicted molar refractivity (Wildman–Crippen MR) is 103 cm³/mol. The van der Waals surface area contributed by atoms with Crippen molar-refractivity contribution in [1.29, 1.82) is 0 Å². The van der Waals surface area contributed by atoms with E-state index in [2.05, 4.69) is 19.9 Å². The molecule has 0 aromatic carbocycles. The van der Waals surface area contributed by atoms with E-state index in [0.29, 0.717) is 16.5 Å². The van der Waals surface area contributed by atoms with Gasteiger partial charge in [0.15, 0.2) is 0 Å². The van der Waals surface area contributed by atoms with E-state index < -0.39 is 0 Å². The zero-order valence-corrected chi connectivity index (χ0v) is 15.4. The number of anilines is 1. The molecular formula is C19H22N6O2. The van der Waals surface area contributed by atoms with E-state index in [9.17, 15) is 9.59 Å². The molecule has 0 unspecified atom stereocenters. The van der Waals surface area contributed by atoms with Crippen molar-refractivity contribution in [3.8, 4) is 0 Å². The number of carbonyl (C=O) groups excluding carboxylic acids is 1. The molecule has 4 heterocycles. The van der Waals surface area contributed by atoms with Crippen molar-refractivity contribution in [1.82, 2.24) is 24.4 Å². The predicted octanol–water partition coefficient (Wildman–Crippen LogP) is 1.40. The second-order valence-electron chi connectivity index (χ2n) is 6.93. The van der Waals surface area contributed by atoms with Crippen molar-refractivity contribution in [3.63, 3.8) is 0 Å². The minimum Gasteiger partial charge on any atom is -0.357 e. The molecule has 8 nitrogen and oxygen atoms in total. The van der Waals surface area contributed by atoms with Gasteiger partial charge in [0.25, 0.3) is 11.5 Å². The Kier molecular flexibility index (Phi) is 4.39. The Balaban J connectivity index is 1.52. The average molecular weight is 366 g/mol. The van der Waals surface area contributed by atoms with Gasteiger partial charge < -0.3 is 19.4 Å². The van der Waals surface area contributed by atoms with E-state index in [1.54, 1.807) is 38.0 Å². The number of hydrogen-bond donors (Lipinski definition) is 1. The van der Waals surface area contributed by atoms with Gasteiger partial charge in [-0.05, 0) is 25.0 Å². The van der Waals surface area contributed by atoms with Gasteiger partial charge in [-0.1, -0.05) is 0 Å². The molecule has 1 saturated heterocycles. The van der Waals surface area contributed by atoms with Gasteiger partial charge in [0.2, 0.25) is 0 Å². The highest BCUT2D eigenvalue weighted by Gasteiger charge is 2.28. The lowest BCUT2D eigenvalue weighted by molar-refractivity contribution is 0.0710. The second-order valence-corrected chi connectivity index (χ2v) is 6.93. The second kappa shape index (κ2) is 6.86. The quantitative estimate of drug-likeness (QED) is 0.757. The normalized spacial score (nSPS) is 15.3. The summed E-state index contributed by atoms with van der Waals surface area (Å²) in [5.41, 5.74) is 0.886. The number of aromatic nitrogens is 4. The minimum atomic E-state index is -0.132. The fraction of sp³-hybridized carbons (Fsp3) is 0.368. The third-order valence-electron chi connectivity index (χ3n) is 5.35. The summed E-state index contributed by atoms with van der Waals surface area (Å²) in [4.78, 5) is 40.6. The Morgan fingerprint density at radius 2 is 2.07 bits per heavy atom. The van der Waals surface area contributed by atoms with Crippen LogP contribution in [0.4, 0.5) is 5.82 Å². The Morgan fingerprint density at radius 1 is 1.30 bits per heavy atom. The summed E-state index contributed by atoms with van der Waals surface area (Å²) in [6.07, 6.45) is 8.36. The number of rotatable bonds is 3. The summed E-state index contributed by atoms with van der Waals surface area (Å²) < 4.78 is 1.46. The van der Waals surface area contributed by atoms with E-state index in [-0.39, 0.29) is 17.5 Å². The van der Waals surface area contributed by atoms with Gasteiger partial charge in [-0.2, -0.15) is 0 Å². The molecule has 3 aromatic heterocycles. The Labute approximate surface area is 156 Å². The topological polar surface area (TPSA) is 87.1 Å². The summed E-state index contributed by atoms with van der Waals surface area (Å²) in [6, 6.07) is 3.85. The maximum Gasteiger partial charge on any atom is 0.274 e. The summed E-state index contributed by atoms with van der Waals surface area (Å²) in [7, 11) is 3.51. The SMILES string of the molecule is CN(C(=O)c1cn(C)c(=O)c2[nH]ccc12)C1CCN(c2ccncn2)CC1. The van der Waals surface area contributed by atoms with Crippen LogP contribution in [0.3, 0.4) is 0 Å². The first-order valence-electron chi connectivity index (χ1n) is 9.01. The van der Waals surface area contributed by atoms with Crippen molar-refractivity contribution in [2.45, 2.75) is 18.9 Å². The zero-order chi connectivity index (χ0) is 19.0. The van der Waals surface area contributed by atoms with E-state index in [4.69, 9.17) is 0 Å². The summed E-state index contributed by atoms with van der Waals surface area (Å²) in [6.45, 7) is 1.68. The number of nitrogens with one attached hydrogen (secondary N) is 1. The first kappa shape index (κ1) is 17.3. The van der Waals surface area contributed by atoms with Crippen molar-refractivity contribution in [2.75, 3.05) is 25.0 Å². The summed E-state index contributed by atoms with van der Waals surface area (Å²) in [5.74, 6) is 0.861. The molecular weight excluding hydrogens is 344 g/mol. The number of fused-ring (bicyclic) bond motifs is 1. The highest BCUT2D eigenvalue weighted by molar-refractivity contribution is 6.05. The van der Waals surface area contributed by atoms with Crippen LogP contribution in [0.25, 0.3) is 10.9 Å². The van der Waals surface area contributed by atoms with Crippen LogP contribution in [0.15, 0.2) is 41.8 Å². The molecule has 140 valence electrons. The number of H-pyrrole nitrogens is 1. The zero-order valence-electron chi connectivity index (χ0n) is 15.4. The number of amides is 1. The van der Waals surface area contributed by atoms with Gasteiger partial charge >= 0.3 is 0 Å². The smallest absolute Gasteiger partial charge is 0.274 e. The molecule has 3 aromatic rings. The summed E-state index contributed by atoms with van der Waals surface area (Å²) in [5, 5.41) is 0.674. The van der Waals surface area contributed by atoms with Crippen LogP contribution in [-0.4, -0.2) is 56.5 Å². The molecule has 27 heavy (non-hydrogen) atoms. The largest absolute Gasteiger partial charge is 0.357 e. The van der Waals surface area contributed by atoms with E-state index >= 15 is 0 Å². The number of aromatic amines is 1. The Bertz CT molecular complexity index is 1020. The fourth-order valence-corrected chi connectivity index (χ4v) is 3.75. The molecule has 8 heteroatoms. The summed E-state index contributed by atoms with van der Waals surface area (Å²) >= 11 is 0. The number of pyridine rings is 1. The van der Waals surface area contributed by atoms with E-state index in [1.807, 2.05) is 18.0 Å². The van der Waals surface area contributed by atoms with Crippen LogP contribution < -0.4 is 10.5 Å². The monoisotopic (exact) mass is 366 g/mol. The molecule has 0 saturated carbocycles. The number of nitrogens with zero attached hydrogens (tertiary/aromatic N) is 5. The highest BCUT2D eigenvalue weighted by atomic mass is 16.2. The molecule has 1 N–H and O–H groups in total. The molecule has 0 radical (unpaired) electrons. The lowest BCUT2D eigenvalue weighted by atomic mass is 10.0. The molecule has 0 atom stereocenters.